The van der Waals surface area contributed by atoms with Crippen LogP contribution in [0.4, 0.5) is 5.69 Å². The van der Waals surface area contributed by atoms with Crippen LogP contribution in [0.2, 0.25) is 0 Å². The molecule has 0 radical (unpaired) electrons. The van der Waals surface area contributed by atoms with E-state index in [2.05, 4.69) is 10.2 Å². The molecular formula is C13H21N3O2. The van der Waals surface area contributed by atoms with Crippen LogP contribution in [-0.4, -0.2) is 43.6 Å². The standard InChI is InChI=1S/C13H21N3O2/c1-14-9-5-10-15(2)11-8-12-6-3-4-7-13(12)16(17)18/h3-4,6-7,14H,5,8-11H2,1-2H3. The summed E-state index contributed by atoms with van der Waals surface area (Å²) in [4.78, 5) is 12.8. The van der Waals surface area contributed by atoms with Gasteiger partial charge < -0.3 is 10.2 Å². The fraction of sp³-hybridized carbons (Fsp3) is 0.538. The summed E-state index contributed by atoms with van der Waals surface area (Å²) < 4.78 is 0. The summed E-state index contributed by atoms with van der Waals surface area (Å²) in [5, 5.41) is 14.0. The maximum atomic E-state index is 10.9. The van der Waals surface area contributed by atoms with Crippen molar-refractivity contribution in [1.29, 1.82) is 0 Å². The molecule has 0 bridgehead atoms. The first-order valence-corrected chi connectivity index (χ1v) is 6.20. The normalized spacial score (nSPS) is 10.8. The van der Waals surface area contributed by atoms with Gasteiger partial charge >= 0.3 is 0 Å². The second-order valence-corrected chi connectivity index (χ2v) is 4.40. The SMILES string of the molecule is CNCCCN(C)CCc1ccccc1[N+](=O)[O-]. The molecule has 0 aliphatic carbocycles. The minimum atomic E-state index is -0.309. The van der Waals surface area contributed by atoms with Crippen molar-refractivity contribution in [2.75, 3.05) is 33.7 Å². The largest absolute Gasteiger partial charge is 0.320 e. The predicted octanol–water partition coefficient (Wildman–Crippen LogP) is 1.68. The highest BCUT2D eigenvalue weighted by Crippen LogP contribution is 2.18. The minimum Gasteiger partial charge on any atom is -0.320 e. The fourth-order valence-corrected chi connectivity index (χ4v) is 1.85. The number of benzene rings is 1. The van der Waals surface area contributed by atoms with E-state index in [0.717, 1.165) is 31.6 Å². The lowest BCUT2D eigenvalue weighted by molar-refractivity contribution is -0.385. The molecule has 0 saturated heterocycles. The quantitative estimate of drug-likeness (QED) is 0.434. The fourth-order valence-electron chi connectivity index (χ4n) is 1.85. The first-order valence-electron chi connectivity index (χ1n) is 6.20. The zero-order valence-corrected chi connectivity index (χ0v) is 11.1. The van der Waals surface area contributed by atoms with Crippen LogP contribution in [-0.2, 0) is 6.42 Å². The summed E-state index contributed by atoms with van der Waals surface area (Å²) in [5.74, 6) is 0. The molecule has 0 saturated carbocycles. The Morgan fingerprint density at radius 3 is 2.72 bits per heavy atom. The van der Waals surface area contributed by atoms with E-state index in [0.29, 0.717) is 6.42 Å². The highest BCUT2D eigenvalue weighted by molar-refractivity contribution is 5.39. The van der Waals surface area contributed by atoms with Crippen LogP contribution in [0, 0.1) is 10.1 Å². The number of nitro benzene ring substituents is 1. The van der Waals surface area contributed by atoms with Crippen molar-refractivity contribution in [2.24, 2.45) is 0 Å². The average molecular weight is 251 g/mol. The van der Waals surface area contributed by atoms with Gasteiger partial charge in [-0.25, -0.2) is 0 Å². The van der Waals surface area contributed by atoms with Crippen molar-refractivity contribution >= 4 is 5.69 Å². The Kier molecular flexibility index (Phi) is 6.32. The molecule has 0 fully saturated rings. The molecule has 1 aromatic rings. The number of nitro groups is 1. The average Bonchev–Trinajstić information content (AvgIpc) is 2.37. The predicted molar refractivity (Wildman–Crippen MR) is 72.8 cm³/mol. The lowest BCUT2D eigenvalue weighted by Gasteiger charge is -2.16. The summed E-state index contributed by atoms with van der Waals surface area (Å²) in [7, 11) is 3.98. The van der Waals surface area contributed by atoms with Crippen molar-refractivity contribution < 1.29 is 4.92 Å². The van der Waals surface area contributed by atoms with Crippen molar-refractivity contribution in [3.8, 4) is 0 Å². The van der Waals surface area contributed by atoms with Crippen LogP contribution in [0.3, 0.4) is 0 Å². The van der Waals surface area contributed by atoms with E-state index >= 15 is 0 Å². The van der Waals surface area contributed by atoms with Crippen LogP contribution in [0.15, 0.2) is 24.3 Å². The van der Waals surface area contributed by atoms with Crippen LogP contribution in [0.25, 0.3) is 0 Å². The second kappa shape index (κ2) is 7.79. The number of para-hydroxylation sites is 1. The van der Waals surface area contributed by atoms with Gasteiger partial charge in [-0.3, -0.25) is 10.1 Å². The number of rotatable bonds is 8. The minimum absolute atomic E-state index is 0.223. The first kappa shape index (κ1) is 14.6. The molecule has 5 heteroatoms. The smallest absolute Gasteiger partial charge is 0.272 e. The third-order valence-corrected chi connectivity index (χ3v) is 2.92. The lowest BCUT2D eigenvalue weighted by Crippen LogP contribution is -2.25. The Balaban J connectivity index is 2.45. The molecule has 0 aliphatic heterocycles. The summed E-state index contributed by atoms with van der Waals surface area (Å²) in [5.41, 5.74) is 1.03. The number of nitrogens with one attached hydrogen (secondary N) is 1. The highest BCUT2D eigenvalue weighted by atomic mass is 16.6. The van der Waals surface area contributed by atoms with E-state index < -0.39 is 0 Å². The molecule has 100 valence electrons. The van der Waals surface area contributed by atoms with Crippen molar-refractivity contribution in [3.05, 3.63) is 39.9 Å². The number of nitrogens with zero attached hydrogens (tertiary/aromatic N) is 2. The van der Waals surface area contributed by atoms with E-state index in [1.165, 1.54) is 0 Å². The Morgan fingerprint density at radius 2 is 2.06 bits per heavy atom. The van der Waals surface area contributed by atoms with Gasteiger partial charge in [-0.05, 0) is 40.0 Å². The maximum Gasteiger partial charge on any atom is 0.272 e. The van der Waals surface area contributed by atoms with Gasteiger partial charge in [-0.15, -0.1) is 0 Å². The molecule has 1 N–H and O–H groups in total. The summed E-state index contributed by atoms with van der Waals surface area (Å²) >= 11 is 0. The van der Waals surface area contributed by atoms with Gasteiger partial charge in [0.25, 0.3) is 5.69 Å². The molecule has 0 aliphatic rings. The van der Waals surface area contributed by atoms with Crippen LogP contribution in [0.1, 0.15) is 12.0 Å². The Morgan fingerprint density at radius 1 is 1.33 bits per heavy atom. The number of hydrogen-bond acceptors (Lipinski definition) is 4. The van der Waals surface area contributed by atoms with E-state index in [4.69, 9.17) is 0 Å². The molecule has 0 aromatic heterocycles. The topological polar surface area (TPSA) is 58.4 Å². The molecule has 1 rings (SSSR count). The third kappa shape index (κ3) is 4.81. The molecule has 5 nitrogen and oxygen atoms in total. The monoisotopic (exact) mass is 251 g/mol. The van der Waals surface area contributed by atoms with Crippen LogP contribution < -0.4 is 5.32 Å². The first-order chi connectivity index (χ1) is 8.65. The molecule has 0 spiro atoms. The van der Waals surface area contributed by atoms with Gasteiger partial charge in [0.15, 0.2) is 0 Å². The summed E-state index contributed by atoms with van der Waals surface area (Å²) in [6.45, 7) is 2.84. The molecule has 0 unspecified atom stereocenters. The van der Waals surface area contributed by atoms with E-state index in [1.54, 1.807) is 12.1 Å². The molecule has 0 heterocycles. The summed E-state index contributed by atoms with van der Waals surface area (Å²) in [6.07, 6.45) is 1.80. The van der Waals surface area contributed by atoms with Crippen molar-refractivity contribution in [3.63, 3.8) is 0 Å². The van der Waals surface area contributed by atoms with E-state index in [-0.39, 0.29) is 10.6 Å². The van der Waals surface area contributed by atoms with Gasteiger partial charge in [0.1, 0.15) is 0 Å². The van der Waals surface area contributed by atoms with E-state index in [9.17, 15) is 10.1 Å². The van der Waals surface area contributed by atoms with Gasteiger partial charge in [0, 0.05) is 18.2 Å². The Hall–Kier alpha value is -1.46. The zero-order valence-electron chi connectivity index (χ0n) is 11.1. The van der Waals surface area contributed by atoms with Crippen molar-refractivity contribution in [2.45, 2.75) is 12.8 Å². The van der Waals surface area contributed by atoms with Gasteiger partial charge in [-0.1, -0.05) is 18.2 Å². The molecular weight excluding hydrogens is 230 g/mol. The molecule has 18 heavy (non-hydrogen) atoms. The van der Waals surface area contributed by atoms with Crippen LogP contribution in [0.5, 0.6) is 0 Å². The summed E-state index contributed by atoms with van der Waals surface area (Å²) in [6, 6.07) is 6.96. The van der Waals surface area contributed by atoms with Gasteiger partial charge in [-0.2, -0.15) is 0 Å². The Labute approximate surface area is 108 Å². The highest BCUT2D eigenvalue weighted by Gasteiger charge is 2.12. The molecule has 0 amide bonds. The van der Waals surface area contributed by atoms with Gasteiger partial charge in [0.05, 0.1) is 4.92 Å². The number of likely N-dealkylation sites (N-methyl/N-ethyl adjacent to an activating group) is 1. The lowest BCUT2D eigenvalue weighted by atomic mass is 10.1. The third-order valence-electron chi connectivity index (χ3n) is 2.92. The zero-order chi connectivity index (χ0) is 13.4. The Bertz CT molecular complexity index is 382. The van der Waals surface area contributed by atoms with Crippen LogP contribution >= 0.6 is 0 Å². The van der Waals surface area contributed by atoms with Gasteiger partial charge in [0.2, 0.25) is 0 Å². The van der Waals surface area contributed by atoms with Crippen molar-refractivity contribution in [1.82, 2.24) is 10.2 Å². The maximum absolute atomic E-state index is 10.9. The molecule has 1 aromatic carbocycles. The van der Waals surface area contributed by atoms with E-state index in [1.807, 2.05) is 26.2 Å². The molecule has 0 atom stereocenters. The second-order valence-electron chi connectivity index (χ2n) is 4.40. The number of hydrogen-bond donors (Lipinski definition) is 1.